The molecule has 3 aromatic rings. The highest BCUT2D eigenvalue weighted by Crippen LogP contribution is 2.32. The number of rotatable bonds is 6. The lowest BCUT2D eigenvalue weighted by Crippen LogP contribution is -2.36. The molecule has 2 aliphatic rings. The van der Waals surface area contributed by atoms with Gasteiger partial charge in [-0.05, 0) is 29.3 Å². The molecule has 2 saturated heterocycles. The van der Waals surface area contributed by atoms with Crippen molar-refractivity contribution in [2.75, 3.05) is 46.1 Å². The number of nitrogens with zero attached hydrogens (tertiary/aromatic N) is 3. The Morgan fingerprint density at radius 3 is 2.79 bits per heavy atom. The lowest BCUT2D eigenvalue weighted by atomic mass is 10.0. The topological polar surface area (TPSA) is 83.4 Å². The fraction of sp³-hybridized carbons (Fsp3) is 0.385. The Morgan fingerprint density at radius 1 is 1.15 bits per heavy atom. The van der Waals surface area contributed by atoms with Gasteiger partial charge in [0, 0.05) is 55.8 Å². The highest BCUT2D eigenvalue weighted by atomic mass is 16.5. The molecular weight excluding hydrogens is 416 g/mol. The summed E-state index contributed by atoms with van der Waals surface area (Å²) in [5.74, 6) is 0.637. The van der Waals surface area contributed by atoms with Crippen LogP contribution in [0.3, 0.4) is 0 Å². The molecule has 0 unspecified atom stereocenters. The molecule has 7 heteroatoms. The second kappa shape index (κ2) is 10.2. The molecule has 2 fully saturated rings. The standard InChI is InChI=1S/C26H28N4O3/c27-16-21-15-20(3-4-25(21)33-22-5-10-31-11-6-22)24-18-29-26-23(24)14-19(17-28-26)2-1-7-30-8-12-32-13-9-30/h1-4,14-15,17-18,22H,5-13H2,(H,28,29)/b2-1+. The molecule has 0 radical (unpaired) electrons. The molecule has 4 heterocycles. The molecule has 0 atom stereocenters. The molecule has 5 rings (SSSR count). The summed E-state index contributed by atoms with van der Waals surface area (Å²) in [5.41, 5.74) is 4.42. The maximum Gasteiger partial charge on any atom is 0.137 e. The molecule has 0 bridgehead atoms. The van der Waals surface area contributed by atoms with Crippen molar-refractivity contribution < 1.29 is 14.2 Å². The van der Waals surface area contributed by atoms with E-state index in [1.165, 1.54) is 0 Å². The van der Waals surface area contributed by atoms with Crippen molar-refractivity contribution in [1.82, 2.24) is 14.9 Å². The number of H-pyrrole nitrogens is 1. The van der Waals surface area contributed by atoms with Crippen molar-refractivity contribution in [3.8, 4) is 22.9 Å². The summed E-state index contributed by atoms with van der Waals surface area (Å²) < 4.78 is 16.9. The Hall–Kier alpha value is -3.18. The molecule has 2 aromatic heterocycles. The van der Waals surface area contributed by atoms with E-state index in [1.807, 2.05) is 30.6 Å². The first-order valence-corrected chi connectivity index (χ1v) is 11.5. The largest absolute Gasteiger partial charge is 0.489 e. The smallest absolute Gasteiger partial charge is 0.137 e. The summed E-state index contributed by atoms with van der Waals surface area (Å²) in [6, 6.07) is 10.3. The molecule has 0 saturated carbocycles. The highest BCUT2D eigenvalue weighted by Gasteiger charge is 2.18. The van der Waals surface area contributed by atoms with Gasteiger partial charge in [0.1, 0.15) is 23.6 Å². The van der Waals surface area contributed by atoms with Crippen LogP contribution in [0, 0.1) is 11.3 Å². The summed E-state index contributed by atoms with van der Waals surface area (Å²) in [6.45, 7) is 5.86. The molecule has 170 valence electrons. The SMILES string of the molecule is N#Cc1cc(-c2c[nH]c3ncc(/C=C/CN4CCOCC4)cc23)ccc1OC1CCOCC1. The van der Waals surface area contributed by atoms with Crippen LogP contribution < -0.4 is 4.74 Å². The quantitative estimate of drug-likeness (QED) is 0.619. The number of ether oxygens (including phenoxy) is 3. The zero-order valence-corrected chi connectivity index (χ0v) is 18.6. The van der Waals surface area contributed by atoms with Crippen molar-refractivity contribution in [3.63, 3.8) is 0 Å². The summed E-state index contributed by atoms with van der Waals surface area (Å²) in [6.07, 6.45) is 9.92. The van der Waals surface area contributed by atoms with Crippen LogP contribution in [0.25, 0.3) is 28.2 Å². The minimum atomic E-state index is 0.0980. The third-order valence-corrected chi connectivity index (χ3v) is 6.20. The van der Waals surface area contributed by atoms with Crippen LogP contribution in [-0.4, -0.2) is 67.0 Å². The van der Waals surface area contributed by atoms with E-state index < -0.39 is 0 Å². The van der Waals surface area contributed by atoms with Gasteiger partial charge in [-0.2, -0.15) is 5.26 Å². The maximum atomic E-state index is 9.74. The lowest BCUT2D eigenvalue weighted by molar-refractivity contribution is 0.0254. The zero-order valence-electron chi connectivity index (χ0n) is 18.6. The number of hydrogen-bond donors (Lipinski definition) is 1. The molecule has 0 spiro atoms. The van der Waals surface area contributed by atoms with Gasteiger partial charge >= 0.3 is 0 Å². The number of nitrogens with one attached hydrogen (secondary N) is 1. The van der Waals surface area contributed by atoms with E-state index in [1.54, 1.807) is 0 Å². The van der Waals surface area contributed by atoms with Crippen molar-refractivity contribution in [1.29, 1.82) is 5.26 Å². The second-order valence-corrected chi connectivity index (χ2v) is 8.43. The number of aromatic nitrogens is 2. The number of benzene rings is 1. The number of hydrogen-bond acceptors (Lipinski definition) is 6. The van der Waals surface area contributed by atoms with Crippen LogP contribution in [-0.2, 0) is 9.47 Å². The summed E-state index contributed by atoms with van der Waals surface area (Å²) >= 11 is 0. The van der Waals surface area contributed by atoms with Gasteiger partial charge in [-0.15, -0.1) is 0 Å². The summed E-state index contributed by atoms with van der Waals surface area (Å²) in [4.78, 5) is 10.2. The Bertz CT molecular complexity index is 1170. The normalized spacial score (nSPS) is 18.0. The molecule has 1 aromatic carbocycles. The van der Waals surface area contributed by atoms with Gasteiger partial charge in [0.25, 0.3) is 0 Å². The fourth-order valence-corrected chi connectivity index (χ4v) is 4.33. The Labute approximate surface area is 193 Å². The van der Waals surface area contributed by atoms with Gasteiger partial charge < -0.3 is 19.2 Å². The monoisotopic (exact) mass is 444 g/mol. The van der Waals surface area contributed by atoms with E-state index in [2.05, 4.69) is 39.2 Å². The molecule has 0 aliphatic carbocycles. The summed E-state index contributed by atoms with van der Waals surface area (Å²) in [5, 5.41) is 10.8. The third kappa shape index (κ3) is 5.09. The van der Waals surface area contributed by atoms with Gasteiger partial charge in [0.05, 0.1) is 32.0 Å². The van der Waals surface area contributed by atoms with Crippen LogP contribution >= 0.6 is 0 Å². The van der Waals surface area contributed by atoms with Crippen LogP contribution in [0.5, 0.6) is 5.75 Å². The number of aromatic amines is 1. The molecule has 7 nitrogen and oxygen atoms in total. The lowest BCUT2D eigenvalue weighted by Gasteiger charge is -2.25. The van der Waals surface area contributed by atoms with E-state index in [9.17, 15) is 5.26 Å². The van der Waals surface area contributed by atoms with Crippen molar-refractivity contribution in [2.45, 2.75) is 18.9 Å². The third-order valence-electron chi connectivity index (χ3n) is 6.20. The molecule has 0 amide bonds. The second-order valence-electron chi connectivity index (χ2n) is 8.43. The van der Waals surface area contributed by atoms with Crippen LogP contribution in [0.2, 0.25) is 0 Å². The first kappa shape index (κ1) is 21.7. The molecular formula is C26H28N4O3. The Kier molecular flexibility index (Phi) is 6.68. The molecule has 1 N–H and O–H groups in total. The van der Waals surface area contributed by atoms with Gasteiger partial charge in [0.2, 0.25) is 0 Å². The minimum absolute atomic E-state index is 0.0980. The fourth-order valence-electron chi connectivity index (χ4n) is 4.33. The predicted molar refractivity (Wildman–Crippen MR) is 127 cm³/mol. The first-order valence-electron chi connectivity index (χ1n) is 11.5. The van der Waals surface area contributed by atoms with Crippen LogP contribution in [0.15, 0.2) is 42.7 Å². The van der Waals surface area contributed by atoms with Gasteiger partial charge in [-0.3, -0.25) is 4.90 Å². The maximum absolute atomic E-state index is 9.74. The van der Waals surface area contributed by atoms with E-state index >= 15 is 0 Å². The predicted octanol–water partition coefficient (Wildman–Crippen LogP) is 4.00. The van der Waals surface area contributed by atoms with Gasteiger partial charge in [-0.1, -0.05) is 18.2 Å². The Balaban J connectivity index is 1.36. The summed E-state index contributed by atoms with van der Waals surface area (Å²) in [7, 11) is 0. The molecule has 2 aliphatic heterocycles. The Morgan fingerprint density at radius 2 is 1.97 bits per heavy atom. The number of morpholine rings is 1. The van der Waals surface area contributed by atoms with Crippen molar-refractivity contribution >= 4 is 17.1 Å². The number of pyridine rings is 1. The number of nitriles is 1. The van der Waals surface area contributed by atoms with Crippen LogP contribution in [0.4, 0.5) is 0 Å². The van der Waals surface area contributed by atoms with Gasteiger partial charge in [0.15, 0.2) is 0 Å². The minimum Gasteiger partial charge on any atom is -0.489 e. The average Bonchev–Trinajstić information content (AvgIpc) is 3.29. The van der Waals surface area contributed by atoms with Crippen molar-refractivity contribution in [2.24, 2.45) is 0 Å². The van der Waals surface area contributed by atoms with Crippen molar-refractivity contribution in [3.05, 3.63) is 53.9 Å². The number of fused-ring (bicyclic) bond motifs is 1. The highest BCUT2D eigenvalue weighted by molar-refractivity contribution is 5.95. The van der Waals surface area contributed by atoms with Gasteiger partial charge in [-0.25, -0.2) is 4.98 Å². The van der Waals surface area contributed by atoms with E-state index in [0.717, 1.165) is 73.4 Å². The van der Waals surface area contributed by atoms with E-state index in [-0.39, 0.29) is 6.10 Å². The first-order chi connectivity index (χ1) is 16.3. The average molecular weight is 445 g/mol. The zero-order chi connectivity index (χ0) is 22.5. The van der Waals surface area contributed by atoms with E-state index in [0.29, 0.717) is 24.5 Å². The molecule has 33 heavy (non-hydrogen) atoms. The van der Waals surface area contributed by atoms with E-state index in [4.69, 9.17) is 14.2 Å². The van der Waals surface area contributed by atoms with Crippen LogP contribution in [0.1, 0.15) is 24.0 Å².